The van der Waals surface area contributed by atoms with Gasteiger partial charge in [0.1, 0.15) is 5.75 Å². The Morgan fingerprint density at radius 1 is 1.36 bits per heavy atom. The molecule has 0 spiro atoms. The van der Waals surface area contributed by atoms with Crippen LogP contribution in [0, 0.1) is 5.92 Å². The minimum Gasteiger partial charge on any atom is -0.465 e. The van der Waals surface area contributed by atoms with Crippen molar-refractivity contribution in [2.75, 3.05) is 12.4 Å². The Kier molecular flexibility index (Phi) is 8.05. The molecule has 1 aliphatic rings. The number of nitrogens with two attached hydrogens (primary N) is 1. The smallest absolute Gasteiger partial charge is 0.387 e. The highest BCUT2D eigenvalue weighted by atomic mass is 35.5. The van der Waals surface area contributed by atoms with E-state index in [1.54, 1.807) is 0 Å². The Hall–Kier alpha value is -1.93. The van der Waals surface area contributed by atoms with Crippen LogP contribution < -0.4 is 15.8 Å². The van der Waals surface area contributed by atoms with Crippen LogP contribution in [0.4, 0.5) is 14.5 Å². The molecule has 0 unspecified atom stereocenters. The molecule has 1 amide bonds. The Morgan fingerprint density at radius 2 is 2.08 bits per heavy atom. The van der Waals surface area contributed by atoms with E-state index in [0.29, 0.717) is 0 Å². The Balaban J connectivity index is 0.00000312. The number of hydrogen-bond acceptors (Lipinski definition) is 5. The molecular formula is C16H21ClF2N2O4. The van der Waals surface area contributed by atoms with Crippen molar-refractivity contribution < 1.29 is 27.8 Å². The quantitative estimate of drug-likeness (QED) is 0.743. The van der Waals surface area contributed by atoms with Crippen LogP contribution in [0.15, 0.2) is 18.2 Å². The fourth-order valence-electron chi connectivity index (χ4n) is 2.82. The van der Waals surface area contributed by atoms with E-state index < -0.39 is 12.6 Å². The van der Waals surface area contributed by atoms with E-state index in [1.165, 1.54) is 19.2 Å². The van der Waals surface area contributed by atoms with Crippen molar-refractivity contribution in [3.63, 3.8) is 0 Å². The van der Waals surface area contributed by atoms with E-state index in [-0.39, 0.29) is 53.7 Å². The molecule has 0 heterocycles. The van der Waals surface area contributed by atoms with Crippen LogP contribution in [0.3, 0.4) is 0 Å². The van der Waals surface area contributed by atoms with Gasteiger partial charge in [0.15, 0.2) is 0 Å². The topological polar surface area (TPSA) is 90.7 Å². The number of ether oxygens (including phenoxy) is 2. The second-order valence-electron chi connectivity index (χ2n) is 5.69. The summed E-state index contributed by atoms with van der Waals surface area (Å²) in [5.41, 5.74) is 6.04. The number of esters is 1. The van der Waals surface area contributed by atoms with Crippen LogP contribution >= 0.6 is 12.4 Å². The van der Waals surface area contributed by atoms with Crippen molar-refractivity contribution in [2.45, 2.75) is 38.3 Å². The first-order chi connectivity index (χ1) is 11.4. The van der Waals surface area contributed by atoms with Crippen LogP contribution in [-0.2, 0) is 9.53 Å². The fraction of sp³-hybridized carbons (Fsp3) is 0.500. The van der Waals surface area contributed by atoms with E-state index in [1.807, 2.05) is 0 Å². The molecule has 1 saturated carbocycles. The van der Waals surface area contributed by atoms with Gasteiger partial charge in [0.2, 0.25) is 5.91 Å². The summed E-state index contributed by atoms with van der Waals surface area (Å²) in [7, 11) is 1.18. The third kappa shape index (κ3) is 5.82. The molecule has 0 radical (unpaired) electrons. The van der Waals surface area contributed by atoms with Gasteiger partial charge in [0.25, 0.3) is 0 Å². The molecule has 1 aromatic rings. The summed E-state index contributed by atoms with van der Waals surface area (Å²) in [5, 5.41) is 2.54. The molecule has 6 nitrogen and oxygen atoms in total. The molecule has 0 aromatic heterocycles. The maximum absolute atomic E-state index is 12.6. The molecule has 0 bridgehead atoms. The van der Waals surface area contributed by atoms with Gasteiger partial charge in [0, 0.05) is 12.5 Å². The van der Waals surface area contributed by atoms with Crippen LogP contribution in [0.1, 0.15) is 36.0 Å². The number of hydrogen-bond donors (Lipinski definition) is 2. The van der Waals surface area contributed by atoms with Crippen molar-refractivity contribution in [1.29, 1.82) is 0 Å². The minimum atomic E-state index is -3.09. The molecule has 2 atom stereocenters. The number of alkyl halides is 2. The molecule has 0 aliphatic heterocycles. The van der Waals surface area contributed by atoms with Crippen LogP contribution in [-0.4, -0.2) is 31.6 Å². The highest BCUT2D eigenvalue weighted by molar-refractivity contribution is 5.95. The number of halogens is 3. The highest BCUT2D eigenvalue weighted by Gasteiger charge is 2.26. The van der Waals surface area contributed by atoms with Gasteiger partial charge in [-0.1, -0.05) is 6.42 Å². The monoisotopic (exact) mass is 378 g/mol. The first-order valence-corrected chi connectivity index (χ1v) is 7.63. The minimum absolute atomic E-state index is 0. The number of benzene rings is 1. The third-order valence-corrected chi connectivity index (χ3v) is 4.06. The number of anilines is 1. The summed E-state index contributed by atoms with van der Waals surface area (Å²) in [6, 6.07) is 3.78. The van der Waals surface area contributed by atoms with Crippen molar-refractivity contribution in [3.05, 3.63) is 23.8 Å². The Morgan fingerprint density at radius 3 is 2.64 bits per heavy atom. The summed E-state index contributed by atoms with van der Waals surface area (Å²) < 4.78 is 34.1. The van der Waals surface area contributed by atoms with Gasteiger partial charge in [0.05, 0.1) is 18.4 Å². The Bertz CT molecular complexity index is 616. The Labute approximate surface area is 150 Å². The van der Waals surface area contributed by atoms with Gasteiger partial charge >= 0.3 is 12.6 Å². The molecule has 0 saturated heterocycles. The largest absolute Gasteiger partial charge is 0.465 e. The zero-order chi connectivity index (χ0) is 17.7. The molecule has 1 fully saturated rings. The van der Waals surface area contributed by atoms with Crippen LogP contribution in [0.2, 0.25) is 0 Å². The van der Waals surface area contributed by atoms with Crippen molar-refractivity contribution >= 4 is 30.0 Å². The lowest BCUT2D eigenvalue weighted by Gasteiger charge is -2.16. The lowest BCUT2D eigenvalue weighted by Crippen LogP contribution is -2.28. The van der Waals surface area contributed by atoms with Gasteiger partial charge in [-0.15, -0.1) is 12.4 Å². The van der Waals surface area contributed by atoms with E-state index in [0.717, 1.165) is 25.3 Å². The summed E-state index contributed by atoms with van der Waals surface area (Å²) in [4.78, 5) is 23.6. The van der Waals surface area contributed by atoms with E-state index in [9.17, 15) is 18.4 Å². The molecule has 3 N–H and O–H groups in total. The average Bonchev–Trinajstić information content (AvgIpc) is 2.92. The third-order valence-electron chi connectivity index (χ3n) is 4.06. The molecule has 2 rings (SSSR count). The summed E-state index contributed by atoms with van der Waals surface area (Å²) in [6.07, 6.45) is 2.95. The lowest BCUT2D eigenvalue weighted by molar-refractivity contribution is -0.117. The molecule has 25 heavy (non-hydrogen) atoms. The van der Waals surface area contributed by atoms with Crippen LogP contribution in [0.25, 0.3) is 0 Å². The normalized spacial score (nSPS) is 19.2. The maximum atomic E-state index is 12.6. The molecular weight excluding hydrogens is 358 g/mol. The average molecular weight is 379 g/mol. The lowest BCUT2D eigenvalue weighted by atomic mass is 10.00. The first-order valence-electron chi connectivity index (χ1n) is 7.63. The van der Waals surface area contributed by atoms with Gasteiger partial charge < -0.3 is 20.5 Å². The zero-order valence-electron chi connectivity index (χ0n) is 13.7. The summed E-state index contributed by atoms with van der Waals surface area (Å²) >= 11 is 0. The molecule has 1 aromatic carbocycles. The van der Waals surface area contributed by atoms with Crippen molar-refractivity contribution in [3.8, 4) is 5.75 Å². The SMILES string of the molecule is COC(=O)c1ccc(NC(=O)C[C@@H]2CCC[C@H]2N)c(OC(F)F)c1.Cl. The summed E-state index contributed by atoms with van der Waals surface area (Å²) in [6.45, 7) is -3.09. The standard InChI is InChI=1S/C16H20F2N2O4.ClH/c1-23-15(22)10-5-6-12(13(7-10)24-16(17)18)20-14(21)8-9-3-2-4-11(9)19;/h5-7,9,11,16H,2-4,8,19H2,1H3,(H,20,21);1H/t9-,11+;/m0./s1. The van der Waals surface area contributed by atoms with Gasteiger partial charge in [-0.25, -0.2) is 4.79 Å². The first kappa shape index (κ1) is 21.1. The molecule has 1 aliphatic carbocycles. The van der Waals surface area contributed by atoms with E-state index in [2.05, 4.69) is 14.8 Å². The maximum Gasteiger partial charge on any atom is 0.387 e. The van der Waals surface area contributed by atoms with E-state index >= 15 is 0 Å². The number of carbonyl (C=O) groups excluding carboxylic acids is 2. The van der Waals surface area contributed by atoms with Gasteiger partial charge in [-0.2, -0.15) is 8.78 Å². The number of nitrogens with one attached hydrogen (secondary N) is 1. The zero-order valence-corrected chi connectivity index (χ0v) is 14.5. The predicted molar refractivity (Wildman–Crippen MR) is 90.2 cm³/mol. The van der Waals surface area contributed by atoms with Gasteiger partial charge in [-0.05, 0) is 37.0 Å². The van der Waals surface area contributed by atoms with Gasteiger partial charge in [-0.3, -0.25) is 4.79 Å². The fourth-order valence-corrected chi connectivity index (χ4v) is 2.82. The number of carbonyl (C=O) groups is 2. The molecule has 140 valence electrons. The number of amides is 1. The van der Waals surface area contributed by atoms with Crippen molar-refractivity contribution in [1.82, 2.24) is 0 Å². The number of methoxy groups -OCH3 is 1. The predicted octanol–water partition coefficient (Wildman–Crippen LogP) is 2.95. The van der Waals surface area contributed by atoms with E-state index in [4.69, 9.17) is 5.73 Å². The summed E-state index contributed by atoms with van der Waals surface area (Å²) in [5.74, 6) is -1.23. The van der Waals surface area contributed by atoms with Crippen molar-refractivity contribution in [2.24, 2.45) is 11.7 Å². The van der Waals surface area contributed by atoms with Crippen LogP contribution in [0.5, 0.6) is 5.75 Å². The second kappa shape index (κ2) is 9.53. The molecule has 9 heteroatoms. The number of rotatable bonds is 6. The second-order valence-corrected chi connectivity index (χ2v) is 5.69. The highest BCUT2D eigenvalue weighted by Crippen LogP contribution is 2.30.